The van der Waals surface area contributed by atoms with Crippen molar-refractivity contribution in [2.75, 3.05) is 17.7 Å². The van der Waals surface area contributed by atoms with E-state index in [1.165, 1.54) is 6.33 Å². The maximum absolute atomic E-state index is 5.64. The summed E-state index contributed by atoms with van der Waals surface area (Å²) in [4.78, 5) is 8.30. The van der Waals surface area contributed by atoms with Crippen LogP contribution in [-0.4, -0.2) is 16.6 Å². The molecular weight excluding hydrogens is 228 g/mol. The van der Waals surface area contributed by atoms with E-state index in [0.717, 1.165) is 22.8 Å². The van der Waals surface area contributed by atoms with E-state index >= 15 is 0 Å². The highest BCUT2D eigenvalue weighted by Gasteiger charge is 2.07. The van der Waals surface area contributed by atoms with Crippen LogP contribution in [0.15, 0.2) is 30.6 Å². The Bertz CT molecular complexity index is 525. The normalized spacial score (nSPS) is 10.1. The van der Waals surface area contributed by atoms with Crippen molar-refractivity contribution < 1.29 is 4.74 Å². The summed E-state index contributed by atoms with van der Waals surface area (Å²) >= 11 is 0. The zero-order valence-corrected chi connectivity index (χ0v) is 10.5. The minimum atomic E-state index is 0.583. The van der Waals surface area contributed by atoms with E-state index in [0.29, 0.717) is 12.5 Å². The van der Waals surface area contributed by atoms with Crippen LogP contribution in [0.1, 0.15) is 12.5 Å². The van der Waals surface area contributed by atoms with Crippen LogP contribution in [0.25, 0.3) is 0 Å². The predicted molar refractivity (Wildman–Crippen MR) is 72.1 cm³/mol. The van der Waals surface area contributed by atoms with E-state index in [-0.39, 0.29) is 0 Å². The number of nitrogens with zero attached hydrogens (tertiary/aromatic N) is 2. The molecule has 0 aliphatic heterocycles. The van der Waals surface area contributed by atoms with Crippen LogP contribution in [0.2, 0.25) is 0 Å². The quantitative estimate of drug-likeness (QED) is 0.808. The van der Waals surface area contributed by atoms with Gasteiger partial charge >= 0.3 is 0 Å². The van der Waals surface area contributed by atoms with Gasteiger partial charge in [0.15, 0.2) is 0 Å². The first kappa shape index (κ1) is 12.2. The van der Waals surface area contributed by atoms with Crippen LogP contribution in [-0.2, 0) is 0 Å². The van der Waals surface area contributed by atoms with Gasteiger partial charge in [0.05, 0.1) is 12.2 Å². The van der Waals surface area contributed by atoms with Gasteiger partial charge in [-0.3, -0.25) is 0 Å². The lowest BCUT2D eigenvalue weighted by atomic mass is 10.2. The standard InChI is InChI=1S/C13H16N4O/c1-3-18-13-9(2)12(15-8-16-13)17-11-6-4-10(14)5-7-11/h4-8H,3,14H2,1-2H3,(H,15,16,17). The number of aromatic nitrogens is 2. The average Bonchev–Trinajstić information content (AvgIpc) is 2.37. The first-order chi connectivity index (χ1) is 8.70. The van der Waals surface area contributed by atoms with Gasteiger partial charge < -0.3 is 15.8 Å². The summed E-state index contributed by atoms with van der Waals surface area (Å²) in [6, 6.07) is 7.47. The molecular formula is C13H16N4O. The molecule has 3 N–H and O–H groups in total. The van der Waals surface area contributed by atoms with E-state index in [1.54, 1.807) is 0 Å². The van der Waals surface area contributed by atoms with Crippen molar-refractivity contribution in [3.63, 3.8) is 0 Å². The van der Waals surface area contributed by atoms with E-state index < -0.39 is 0 Å². The maximum Gasteiger partial charge on any atom is 0.221 e. The number of hydrogen-bond donors (Lipinski definition) is 2. The molecule has 0 amide bonds. The molecule has 94 valence electrons. The van der Waals surface area contributed by atoms with Gasteiger partial charge in [0, 0.05) is 11.4 Å². The zero-order valence-electron chi connectivity index (χ0n) is 10.5. The summed E-state index contributed by atoms with van der Waals surface area (Å²) in [5.74, 6) is 1.34. The van der Waals surface area contributed by atoms with Crippen molar-refractivity contribution >= 4 is 17.2 Å². The Morgan fingerprint density at radius 3 is 2.61 bits per heavy atom. The molecule has 0 aliphatic carbocycles. The number of nitrogens with two attached hydrogens (primary N) is 1. The average molecular weight is 244 g/mol. The summed E-state index contributed by atoms with van der Waals surface area (Å²) in [6.45, 7) is 4.43. The number of ether oxygens (including phenoxy) is 1. The van der Waals surface area contributed by atoms with E-state index in [2.05, 4.69) is 15.3 Å². The van der Waals surface area contributed by atoms with Crippen molar-refractivity contribution in [1.82, 2.24) is 9.97 Å². The molecule has 18 heavy (non-hydrogen) atoms. The fourth-order valence-corrected chi connectivity index (χ4v) is 1.55. The summed E-state index contributed by atoms with van der Waals surface area (Å²) < 4.78 is 5.42. The van der Waals surface area contributed by atoms with Crippen molar-refractivity contribution in [3.8, 4) is 5.88 Å². The fraction of sp³-hybridized carbons (Fsp3) is 0.231. The Labute approximate surface area is 106 Å². The minimum Gasteiger partial charge on any atom is -0.478 e. The number of hydrogen-bond acceptors (Lipinski definition) is 5. The third-order valence-electron chi connectivity index (χ3n) is 2.49. The van der Waals surface area contributed by atoms with Gasteiger partial charge in [-0.15, -0.1) is 0 Å². The molecule has 0 saturated carbocycles. The Kier molecular flexibility index (Phi) is 3.62. The van der Waals surface area contributed by atoms with Crippen LogP contribution < -0.4 is 15.8 Å². The number of nitrogens with one attached hydrogen (secondary N) is 1. The second-order valence-electron chi connectivity index (χ2n) is 3.83. The highest BCUT2D eigenvalue weighted by molar-refractivity contribution is 5.62. The van der Waals surface area contributed by atoms with Gasteiger partial charge in [0.25, 0.3) is 0 Å². The monoisotopic (exact) mass is 244 g/mol. The molecule has 0 spiro atoms. The molecule has 5 nitrogen and oxygen atoms in total. The van der Waals surface area contributed by atoms with Gasteiger partial charge in [-0.25, -0.2) is 9.97 Å². The second kappa shape index (κ2) is 5.35. The van der Waals surface area contributed by atoms with E-state index in [4.69, 9.17) is 10.5 Å². The number of anilines is 3. The van der Waals surface area contributed by atoms with Gasteiger partial charge in [0.1, 0.15) is 12.1 Å². The fourth-order valence-electron chi connectivity index (χ4n) is 1.55. The third-order valence-corrected chi connectivity index (χ3v) is 2.49. The molecule has 0 unspecified atom stereocenters. The Balaban J connectivity index is 2.23. The SMILES string of the molecule is CCOc1ncnc(Nc2ccc(N)cc2)c1C. The van der Waals surface area contributed by atoms with Crippen molar-refractivity contribution in [2.45, 2.75) is 13.8 Å². The first-order valence-corrected chi connectivity index (χ1v) is 5.77. The zero-order chi connectivity index (χ0) is 13.0. The van der Waals surface area contributed by atoms with Crippen molar-refractivity contribution in [1.29, 1.82) is 0 Å². The van der Waals surface area contributed by atoms with Crippen LogP contribution in [0.4, 0.5) is 17.2 Å². The molecule has 2 aromatic rings. The molecule has 0 aliphatic rings. The summed E-state index contributed by atoms with van der Waals surface area (Å²) in [7, 11) is 0. The molecule has 1 aromatic heterocycles. The molecule has 2 rings (SSSR count). The minimum absolute atomic E-state index is 0.583. The van der Waals surface area contributed by atoms with E-state index in [9.17, 15) is 0 Å². The predicted octanol–water partition coefficient (Wildman–Crippen LogP) is 2.51. The van der Waals surface area contributed by atoms with Crippen LogP contribution >= 0.6 is 0 Å². The summed E-state index contributed by atoms with van der Waals surface area (Å²) in [5, 5.41) is 3.21. The second-order valence-corrected chi connectivity index (χ2v) is 3.83. The molecule has 5 heteroatoms. The Morgan fingerprint density at radius 1 is 1.22 bits per heavy atom. The lowest BCUT2D eigenvalue weighted by Crippen LogP contribution is -2.02. The molecule has 1 heterocycles. The number of rotatable bonds is 4. The molecule has 0 saturated heterocycles. The molecule has 0 radical (unpaired) electrons. The van der Waals surface area contributed by atoms with Gasteiger partial charge in [-0.1, -0.05) is 0 Å². The summed E-state index contributed by atoms with van der Waals surface area (Å²) in [5.41, 5.74) is 8.18. The topological polar surface area (TPSA) is 73.1 Å². The van der Waals surface area contributed by atoms with Crippen molar-refractivity contribution in [2.24, 2.45) is 0 Å². The van der Waals surface area contributed by atoms with Crippen LogP contribution in [0.3, 0.4) is 0 Å². The van der Waals surface area contributed by atoms with Gasteiger partial charge in [-0.2, -0.15) is 0 Å². The molecule has 0 fully saturated rings. The summed E-state index contributed by atoms with van der Waals surface area (Å²) in [6.07, 6.45) is 1.48. The highest BCUT2D eigenvalue weighted by atomic mass is 16.5. The largest absolute Gasteiger partial charge is 0.478 e. The molecule has 1 aromatic carbocycles. The lowest BCUT2D eigenvalue weighted by Gasteiger charge is -2.11. The van der Waals surface area contributed by atoms with Gasteiger partial charge in [0.2, 0.25) is 5.88 Å². The Morgan fingerprint density at radius 2 is 1.94 bits per heavy atom. The van der Waals surface area contributed by atoms with Gasteiger partial charge in [-0.05, 0) is 38.1 Å². The lowest BCUT2D eigenvalue weighted by molar-refractivity contribution is 0.324. The molecule has 0 atom stereocenters. The molecule has 0 bridgehead atoms. The smallest absolute Gasteiger partial charge is 0.221 e. The number of nitrogen functional groups attached to an aromatic ring is 1. The van der Waals surface area contributed by atoms with Crippen LogP contribution in [0.5, 0.6) is 5.88 Å². The van der Waals surface area contributed by atoms with Crippen molar-refractivity contribution in [3.05, 3.63) is 36.2 Å². The number of benzene rings is 1. The Hall–Kier alpha value is -2.30. The maximum atomic E-state index is 5.64. The van der Waals surface area contributed by atoms with E-state index in [1.807, 2.05) is 38.1 Å². The highest BCUT2D eigenvalue weighted by Crippen LogP contribution is 2.24. The van der Waals surface area contributed by atoms with Crippen LogP contribution in [0, 0.1) is 6.92 Å². The first-order valence-electron chi connectivity index (χ1n) is 5.77. The third kappa shape index (κ3) is 2.68.